The molecular weight excluding hydrogens is 366 g/mol. The van der Waals surface area contributed by atoms with Crippen LogP contribution in [0.15, 0.2) is 51.4 Å². The smallest absolute Gasteiger partial charge is 0.0500 e. The van der Waals surface area contributed by atoms with Gasteiger partial charge in [0.05, 0.1) is 5.69 Å². The van der Waals surface area contributed by atoms with E-state index in [0.717, 1.165) is 21.1 Å². The van der Waals surface area contributed by atoms with Crippen molar-refractivity contribution in [2.24, 2.45) is 0 Å². The molecule has 100 valence electrons. The fraction of sp³-hybridized carbons (Fsp3) is 0.250. The number of hydrogen-bond acceptors (Lipinski definition) is 1. The summed E-state index contributed by atoms with van der Waals surface area (Å²) in [5.74, 6) is 0. The lowest BCUT2D eigenvalue weighted by Gasteiger charge is -2.17. The first kappa shape index (κ1) is 14.6. The molecule has 0 saturated heterocycles. The van der Waals surface area contributed by atoms with Crippen LogP contribution in [0.2, 0.25) is 0 Å². The summed E-state index contributed by atoms with van der Waals surface area (Å²) in [6.07, 6.45) is 1.08. The zero-order chi connectivity index (χ0) is 13.8. The number of rotatable bonds is 4. The molecule has 0 aliphatic heterocycles. The SMILES string of the molecule is CCc1ccc(C(C)Nc2cc(Br)ccc2Br)cc1. The van der Waals surface area contributed by atoms with Crippen LogP contribution < -0.4 is 5.32 Å². The monoisotopic (exact) mass is 381 g/mol. The minimum atomic E-state index is 0.275. The van der Waals surface area contributed by atoms with Gasteiger partial charge in [-0.3, -0.25) is 0 Å². The molecule has 0 bridgehead atoms. The van der Waals surface area contributed by atoms with Crippen molar-refractivity contribution in [2.75, 3.05) is 5.32 Å². The number of anilines is 1. The van der Waals surface area contributed by atoms with Crippen LogP contribution in [0.25, 0.3) is 0 Å². The van der Waals surface area contributed by atoms with E-state index < -0.39 is 0 Å². The normalized spacial score (nSPS) is 12.2. The predicted octanol–water partition coefficient (Wildman–Crippen LogP) is 5.95. The summed E-state index contributed by atoms with van der Waals surface area (Å²) < 4.78 is 2.15. The molecule has 3 heteroatoms. The molecule has 0 aliphatic carbocycles. The maximum Gasteiger partial charge on any atom is 0.0500 e. The molecule has 19 heavy (non-hydrogen) atoms. The van der Waals surface area contributed by atoms with E-state index in [0.29, 0.717) is 0 Å². The van der Waals surface area contributed by atoms with E-state index in [1.807, 2.05) is 12.1 Å². The lowest BCUT2D eigenvalue weighted by molar-refractivity contribution is 0.881. The first-order valence-electron chi connectivity index (χ1n) is 6.40. The number of nitrogens with one attached hydrogen (secondary N) is 1. The molecule has 0 fully saturated rings. The van der Waals surface area contributed by atoms with Gasteiger partial charge in [-0.15, -0.1) is 0 Å². The molecular formula is C16H17Br2N. The second kappa shape index (κ2) is 6.58. The maximum absolute atomic E-state index is 3.57. The van der Waals surface area contributed by atoms with Gasteiger partial charge < -0.3 is 5.32 Å². The highest BCUT2D eigenvalue weighted by molar-refractivity contribution is 9.11. The summed E-state index contributed by atoms with van der Waals surface area (Å²) >= 11 is 7.07. The fourth-order valence-electron chi connectivity index (χ4n) is 1.97. The second-order valence-electron chi connectivity index (χ2n) is 4.59. The van der Waals surface area contributed by atoms with E-state index in [1.165, 1.54) is 11.1 Å². The van der Waals surface area contributed by atoms with E-state index in [4.69, 9.17) is 0 Å². The molecule has 0 aromatic heterocycles. The Bertz CT molecular complexity index is 549. The summed E-state index contributed by atoms with van der Waals surface area (Å²) in [5.41, 5.74) is 3.77. The molecule has 2 rings (SSSR count). The van der Waals surface area contributed by atoms with Gasteiger partial charge in [0.15, 0.2) is 0 Å². The molecule has 0 aliphatic rings. The molecule has 0 spiro atoms. The number of benzene rings is 2. The molecule has 0 amide bonds. The van der Waals surface area contributed by atoms with Gasteiger partial charge in [-0.2, -0.15) is 0 Å². The minimum absolute atomic E-state index is 0.275. The molecule has 0 heterocycles. The Hall–Kier alpha value is -0.800. The third kappa shape index (κ3) is 3.83. The van der Waals surface area contributed by atoms with Gasteiger partial charge in [0.25, 0.3) is 0 Å². The van der Waals surface area contributed by atoms with E-state index >= 15 is 0 Å². The Kier molecular flexibility index (Phi) is 5.06. The summed E-state index contributed by atoms with van der Waals surface area (Å²) in [7, 11) is 0. The largest absolute Gasteiger partial charge is 0.378 e. The minimum Gasteiger partial charge on any atom is -0.378 e. The van der Waals surface area contributed by atoms with Gasteiger partial charge in [0.1, 0.15) is 0 Å². The van der Waals surface area contributed by atoms with Crippen molar-refractivity contribution in [3.8, 4) is 0 Å². The van der Waals surface area contributed by atoms with Crippen LogP contribution in [0.4, 0.5) is 5.69 Å². The molecule has 1 unspecified atom stereocenters. The van der Waals surface area contributed by atoms with Gasteiger partial charge in [0.2, 0.25) is 0 Å². The Balaban J connectivity index is 2.15. The molecule has 2 aromatic carbocycles. The standard InChI is InChI=1S/C16H17Br2N/c1-3-12-4-6-13(7-5-12)11(2)19-16-10-14(17)8-9-15(16)18/h4-11,19H,3H2,1-2H3. The first-order chi connectivity index (χ1) is 9.10. The molecule has 1 atom stereocenters. The summed E-state index contributed by atoms with van der Waals surface area (Å²) in [4.78, 5) is 0. The molecule has 0 radical (unpaired) electrons. The van der Waals surface area contributed by atoms with E-state index in [2.05, 4.69) is 81.4 Å². The Morgan fingerprint density at radius 2 is 1.74 bits per heavy atom. The van der Waals surface area contributed by atoms with Crippen molar-refractivity contribution >= 4 is 37.5 Å². The average molecular weight is 383 g/mol. The lowest BCUT2D eigenvalue weighted by Crippen LogP contribution is -2.07. The van der Waals surface area contributed by atoms with Crippen LogP contribution in [0, 0.1) is 0 Å². The number of halogens is 2. The highest BCUT2D eigenvalue weighted by Gasteiger charge is 2.07. The quantitative estimate of drug-likeness (QED) is 0.689. The Morgan fingerprint density at radius 1 is 1.05 bits per heavy atom. The van der Waals surface area contributed by atoms with Crippen molar-refractivity contribution in [1.82, 2.24) is 0 Å². The highest BCUT2D eigenvalue weighted by Crippen LogP contribution is 2.29. The average Bonchev–Trinajstić information content (AvgIpc) is 2.43. The summed E-state index contributed by atoms with van der Waals surface area (Å²) in [5, 5.41) is 3.53. The summed E-state index contributed by atoms with van der Waals surface area (Å²) in [6.45, 7) is 4.35. The lowest BCUT2D eigenvalue weighted by atomic mass is 10.0. The molecule has 1 N–H and O–H groups in total. The molecule has 1 nitrogen and oxygen atoms in total. The van der Waals surface area contributed by atoms with Gasteiger partial charge in [0, 0.05) is 15.0 Å². The molecule has 2 aromatic rings. The second-order valence-corrected chi connectivity index (χ2v) is 6.36. The zero-order valence-corrected chi connectivity index (χ0v) is 14.3. The molecule has 0 saturated carbocycles. The zero-order valence-electron chi connectivity index (χ0n) is 11.1. The summed E-state index contributed by atoms with van der Waals surface area (Å²) in [6, 6.07) is 15.2. The predicted molar refractivity (Wildman–Crippen MR) is 89.7 cm³/mol. The van der Waals surface area contributed by atoms with Crippen molar-refractivity contribution in [3.63, 3.8) is 0 Å². The van der Waals surface area contributed by atoms with Crippen LogP contribution >= 0.6 is 31.9 Å². The van der Waals surface area contributed by atoms with E-state index in [9.17, 15) is 0 Å². The van der Waals surface area contributed by atoms with Crippen molar-refractivity contribution in [1.29, 1.82) is 0 Å². The van der Waals surface area contributed by atoms with E-state index in [1.54, 1.807) is 0 Å². The number of hydrogen-bond donors (Lipinski definition) is 1. The van der Waals surface area contributed by atoms with Gasteiger partial charge in [-0.05, 0) is 58.6 Å². The highest BCUT2D eigenvalue weighted by atomic mass is 79.9. The third-order valence-electron chi connectivity index (χ3n) is 3.19. The van der Waals surface area contributed by atoms with Crippen LogP contribution in [0.1, 0.15) is 31.0 Å². The van der Waals surface area contributed by atoms with Crippen molar-refractivity contribution in [2.45, 2.75) is 26.3 Å². The van der Waals surface area contributed by atoms with Crippen LogP contribution in [-0.2, 0) is 6.42 Å². The Labute approximate surface area is 131 Å². The fourth-order valence-corrected chi connectivity index (χ4v) is 2.69. The van der Waals surface area contributed by atoms with Gasteiger partial charge in [-0.25, -0.2) is 0 Å². The van der Waals surface area contributed by atoms with Crippen molar-refractivity contribution in [3.05, 3.63) is 62.5 Å². The third-order valence-corrected chi connectivity index (χ3v) is 4.37. The van der Waals surface area contributed by atoms with Crippen LogP contribution in [-0.4, -0.2) is 0 Å². The van der Waals surface area contributed by atoms with Crippen LogP contribution in [0.3, 0.4) is 0 Å². The van der Waals surface area contributed by atoms with Crippen molar-refractivity contribution < 1.29 is 0 Å². The van der Waals surface area contributed by atoms with Gasteiger partial charge >= 0.3 is 0 Å². The van der Waals surface area contributed by atoms with Crippen LogP contribution in [0.5, 0.6) is 0 Å². The van der Waals surface area contributed by atoms with Gasteiger partial charge in [-0.1, -0.05) is 47.1 Å². The number of aryl methyl sites for hydroxylation is 1. The van der Waals surface area contributed by atoms with E-state index in [-0.39, 0.29) is 6.04 Å². The topological polar surface area (TPSA) is 12.0 Å². The Morgan fingerprint density at radius 3 is 2.37 bits per heavy atom. The first-order valence-corrected chi connectivity index (χ1v) is 7.99. The maximum atomic E-state index is 3.57.